The van der Waals surface area contributed by atoms with E-state index in [1.807, 2.05) is 6.92 Å². The largest absolute Gasteiger partial charge is 0.379 e. The van der Waals surface area contributed by atoms with Gasteiger partial charge in [-0.2, -0.15) is 0 Å². The molecule has 0 radical (unpaired) electrons. The molecule has 1 rings (SSSR count). The third kappa shape index (κ3) is 11.7. The fraction of sp³-hybridized carbons (Fsp3) is 0.643. The van der Waals surface area contributed by atoms with Crippen molar-refractivity contribution in [1.29, 1.82) is 0 Å². The molecule has 1 aromatic heterocycles. The van der Waals surface area contributed by atoms with Crippen LogP contribution in [-0.4, -0.2) is 52.7 Å². The first kappa shape index (κ1) is 22.6. The number of aliphatic imine (C=N–C) groups is 1. The van der Waals surface area contributed by atoms with Crippen LogP contribution in [0.4, 0.5) is 0 Å². The molecule has 23 heavy (non-hydrogen) atoms. The zero-order chi connectivity index (χ0) is 16.4. The van der Waals surface area contributed by atoms with Crippen molar-refractivity contribution in [3.63, 3.8) is 0 Å². The van der Waals surface area contributed by atoms with Crippen molar-refractivity contribution in [2.24, 2.45) is 4.99 Å². The molecule has 0 aliphatic carbocycles. The van der Waals surface area contributed by atoms with Crippen LogP contribution in [0.1, 0.15) is 16.7 Å². The van der Waals surface area contributed by atoms with Gasteiger partial charge in [0, 0.05) is 29.1 Å². The van der Waals surface area contributed by atoms with E-state index in [2.05, 4.69) is 34.7 Å². The van der Waals surface area contributed by atoms with Gasteiger partial charge in [-0.05, 0) is 26.0 Å². The van der Waals surface area contributed by atoms with Gasteiger partial charge in [0.15, 0.2) is 5.96 Å². The molecule has 0 aliphatic rings. The second kappa shape index (κ2) is 12.0. The molecule has 1 aromatic rings. The summed E-state index contributed by atoms with van der Waals surface area (Å²) < 4.78 is 27.2. The zero-order valence-electron chi connectivity index (χ0n) is 13.8. The summed E-state index contributed by atoms with van der Waals surface area (Å²) in [5.74, 6) is 0.791. The summed E-state index contributed by atoms with van der Waals surface area (Å²) >= 11 is 1.74. The predicted molar refractivity (Wildman–Crippen MR) is 108 cm³/mol. The van der Waals surface area contributed by atoms with E-state index in [1.165, 1.54) is 16.0 Å². The summed E-state index contributed by atoms with van der Waals surface area (Å²) in [4.78, 5) is 7.01. The Morgan fingerprint density at radius 3 is 2.61 bits per heavy atom. The molecule has 2 N–H and O–H groups in total. The third-order valence-electron chi connectivity index (χ3n) is 2.67. The average molecular weight is 475 g/mol. The minimum Gasteiger partial charge on any atom is -0.379 e. The van der Waals surface area contributed by atoms with E-state index in [9.17, 15) is 8.42 Å². The van der Waals surface area contributed by atoms with Crippen LogP contribution in [0.15, 0.2) is 17.1 Å². The van der Waals surface area contributed by atoms with Crippen LogP contribution in [0, 0.1) is 6.92 Å². The number of nitrogens with zero attached hydrogens (tertiary/aromatic N) is 1. The number of nitrogens with one attached hydrogen (secondary N) is 2. The molecular formula is C14H26IN3O3S2. The molecule has 0 bridgehead atoms. The highest BCUT2D eigenvalue weighted by atomic mass is 127. The standard InChI is InChI=1S/C14H25N3O3S2.HI/c1-4-15-14(17-11-13-6-5-12(2)21-13)16-7-8-20-9-10-22(3,18)19;/h5-6H,4,7-11H2,1-3H3,(H2,15,16,17);1H. The second-order valence-corrected chi connectivity index (χ2v) is 8.51. The van der Waals surface area contributed by atoms with E-state index < -0.39 is 9.84 Å². The molecule has 1 heterocycles. The van der Waals surface area contributed by atoms with Crippen LogP contribution in [0.3, 0.4) is 0 Å². The Bertz CT molecular complexity index is 574. The lowest BCUT2D eigenvalue weighted by Crippen LogP contribution is -2.39. The van der Waals surface area contributed by atoms with Gasteiger partial charge >= 0.3 is 0 Å². The zero-order valence-corrected chi connectivity index (χ0v) is 17.8. The quantitative estimate of drug-likeness (QED) is 0.247. The second-order valence-electron chi connectivity index (χ2n) is 4.88. The number of halogens is 1. The molecule has 0 aliphatic heterocycles. The average Bonchev–Trinajstić information content (AvgIpc) is 2.84. The Hall–Kier alpha value is -0.390. The molecule has 0 saturated carbocycles. The lowest BCUT2D eigenvalue weighted by atomic mass is 10.4. The van der Waals surface area contributed by atoms with Crippen LogP contribution >= 0.6 is 35.3 Å². The first-order valence-corrected chi connectivity index (χ1v) is 10.1. The molecule has 134 valence electrons. The minimum absolute atomic E-state index is 0. The molecule has 0 spiro atoms. The van der Waals surface area contributed by atoms with Crippen molar-refractivity contribution in [3.05, 3.63) is 21.9 Å². The van der Waals surface area contributed by atoms with Crippen LogP contribution in [-0.2, 0) is 21.1 Å². The Labute approximate surface area is 160 Å². The molecule has 0 aromatic carbocycles. The molecule has 0 fully saturated rings. The van der Waals surface area contributed by atoms with Gasteiger partial charge in [0.2, 0.25) is 0 Å². The van der Waals surface area contributed by atoms with E-state index in [-0.39, 0.29) is 36.3 Å². The maximum Gasteiger partial charge on any atom is 0.191 e. The maximum absolute atomic E-state index is 11.0. The number of hydrogen-bond acceptors (Lipinski definition) is 5. The number of sulfone groups is 1. The normalized spacial score (nSPS) is 11.9. The summed E-state index contributed by atoms with van der Waals surface area (Å²) in [7, 11) is -2.95. The lowest BCUT2D eigenvalue weighted by Gasteiger charge is -2.11. The topological polar surface area (TPSA) is 79.8 Å². The first-order valence-electron chi connectivity index (χ1n) is 7.23. The summed E-state index contributed by atoms with van der Waals surface area (Å²) in [6, 6.07) is 4.17. The Morgan fingerprint density at radius 1 is 1.30 bits per heavy atom. The van der Waals surface area contributed by atoms with E-state index >= 15 is 0 Å². The highest BCUT2D eigenvalue weighted by Crippen LogP contribution is 2.15. The fourth-order valence-corrected chi connectivity index (χ4v) is 2.86. The first-order chi connectivity index (χ1) is 10.4. The fourth-order valence-electron chi connectivity index (χ4n) is 1.62. The highest BCUT2D eigenvalue weighted by Gasteiger charge is 2.02. The third-order valence-corrected chi connectivity index (χ3v) is 4.56. The maximum atomic E-state index is 11.0. The number of hydrogen-bond donors (Lipinski definition) is 2. The highest BCUT2D eigenvalue weighted by molar-refractivity contribution is 14.0. The monoisotopic (exact) mass is 475 g/mol. The van der Waals surface area contributed by atoms with Gasteiger partial charge in [-0.15, -0.1) is 35.3 Å². The minimum atomic E-state index is -2.95. The number of guanidine groups is 1. The summed E-state index contributed by atoms with van der Waals surface area (Å²) in [6.45, 7) is 6.76. The number of rotatable bonds is 9. The van der Waals surface area contributed by atoms with Crippen molar-refractivity contribution >= 4 is 51.1 Å². The molecule has 0 amide bonds. The summed E-state index contributed by atoms with van der Waals surface area (Å²) in [5, 5.41) is 6.33. The molecule has 0 saturated heterocycles. The Morgan fingerprint density at radius 2 is 2.04 bits per heavy atom. The molecular weight excluding hydrogens is 449 g/mol. The van der Waals surface area contributed by atoms with Crippen molar-refractivity contribution in [3.8, 4) is 0 Å². The summed E-state index contributed by atoms with van der Waals surface area (Å²) in [5.41, 5.74) is 0. The number of aryl methyl sites for hydroxylation is 1. The van der Waals surface area contributed by atoms with Crippen molar-refractivity contribution in [1.82, 2.24) is 10.6 Å². The Balaban J connectivity index is 0.00000484. The SMILES string of the molecule is CCNC(=NCc1ccc(C)s1)NCCOCCS(C)(=O)=O.I. The smallest absolute Gasteiger partial charge is 0.191 e. The van der Waals surface area contributed by atoms with Gasteiger partial charge in [0.1, 0.15) is 9.84 Å². The number of ether oxygens (including phenoxy) is 1. The van der Waals surface area contributed by atoms with Crippen LogP contribution < -0.4 is 10.6 Å². The van der Waals surface area contributed by atoms with Gasteiger partial charge in [-0.1, -0.05) is 0 Å². The van der Waals surface area contributed by atoms with Gasteiger partial charge in [-0.25, -0.2) is 13.4 Å². The van der Waals surface area contributed by atoms with Gasteiger partial charge in [0.05, 0.1) is 25.5 Å². The summed E-state index contributed by atoms with van der Waals surface area (Å²) in [6.07, 6.45) is 1.21. The van der Waals surface area contributed by atoms with E-state index in [1.54, 1.807) is 11.3 Å². The van der Waals surface area contributed by atoms with Gasteiger partial charge < -0.3 is 15.4 Å². The number of thiophene rings is 1. The van der Waals surface area contributed by atoms with E-state index in [4.69, 9.17) is 4.74 Å². The molecule has 0 unspecified atom stereocenters. The predicted octanol–water partition coefficient (Wildman–Crippen LogP) is 1.79. The van der Waals surface area contributed by atoms with Crippen LogP contribution in [0.5, 0.6) is 0 Å². The van der Waals surface area contributed by atoms with Gasteiger partial charge in [0.25, 0.3) is 0 Å². The van der Waals surface area contributed by atoms with Crippen molar-refractivity contribution < 1.29 is 13.2 Å². The molecule has 6 nitrogen and oxygen atoms in total. The van der Waals surface area contributed by atoms with Crippen molar-refractivity contribution in [2.45, 2.75) is 20.4 Å². The van der Waals surface area contributed by atoms with E-state index in [0.29, 0.717) is 19.7 Å². The molecule has 0 atom stereocenters. The van der Waals surface area contributed by atoms with Crippen molar-refractivity contribution in [2.75, 3.05) is 38.3 Å². The Kier molecular flexibility index (Phi) is 11.8. The van der Waals surface area contributed by atoms with Crippen LogP contribution in [0.25, 0.3) is 0 Å². The van der Waals surface area contributed by atoms with Crippen LogP contribution in [0.2, 0.25) is 0 Å². The lowest BCUT2D eigenvalue weighted by molar-refractivity contribution is 0.154. The molecule has 9 heteroatoms. The van der Waals surface area contributed by atoms with E-state index in [0.717, 1.165) is 12.5 Å². The van der Waals surface area contributed by atoms with Gasteiger partial charge in [-0.3, -0.25) is 0 Å².